The van der Waals surface area contributed by atoms with E-state index in [4.69, 9.17) is 0 Å². The van der Waals surface area contributed by atoms with Crippen molar-refractivity contribution in [1.82, 2.24) is 10.6 Å². The fraction of sp³-hybridized carbons (Fsp3) is 0.826. The van der Waals surface area contributed by atoms with E-state index in [1.165, 1.54) is 0 Å². The smallest absolute Gasteiger partial charge is 0.243 e. The van der Waals surface area contributed by atoms with Gasteiger partial charge in [0.15, 0.2) is 0 Å². The van der Waals surface area contributed by atoms with Crippen LogP contribution in [-0.4, -0.2) is 34.6 Å². The SMILES string of the molecule is CC(C)(C)NC(=O)C1CC(O)C2C3CCC4NC(=O)C=CC4(C)C3CCC12C. The number of hydrogen-bond donors (Lipinski definition) is 3. The van der Waals surface area contributed by atoms with Crippen LogP contribution in [0.2, 0.25) is 0 Å². The van der Waals surface area contributed by atoms with E-state index in [2.05, 4.69) is 30.6 Å². The van der Waals surface area contributed by atoms with Crippen molar-refractivity contribution in [1.29, 1.82) is 0 Å². The summed E-state index contributed by atoms with van der Waals surface area (Å²) in [5, 5.41) is 17.4. The Bertz CT molecular complexity index is 711. The Balaban J connectivity index is 1.63. The van der Waals surface area contributed by atoms with E-state index in [0.29, 0.717) is 18.3 Å². The zero-order valence-corrected chi connectivity index (χ0v) is 17.9. The molecular weight excluding hydrogens is 352 g/mol. The van der Waals surface area contributed by atoms with Gasteiger partial charge in [-0.3, -0.25) is 9.59 Å². The molecular formula is C23H36N2O3. The highest BCUT2D eigenvalue weighted by Gasteiger charge is 2.63. The number of fused-ring (bicyclic) bond motifs is 5. The highest BCUT2D eigenvalue weighted by molar-refractivity contribution is 5.89. The lowest BCUT2D eigenvalue weighted by Gasteiger charge is -2.59. The highest BCUT2D eigenvalue weighted by Crippen LogP contribution is 2.65. The van der Waals surface area contributed by atoms with Crippen molar-refractivity contribution in [3.8, 4) is 0 Å². The molecule has 5 nitrogen and oxygen atoms in total. The van der Waals surface area contributed by atoms with Crippen LogP contribution in [0.25, 0.3) is 0 Å². The molecule has 1 aliphatic heterocycles. The molecule has 156 valence electrons. The van der Waals surface area contributed by atoms with Crippen molar-refractivity contribution >= 4 is 11.8 Å². The lowest BCUT2D eigenvalue weighted by molar-refractivity contribution is -0.136. The minimum atomic E-state index is -0.421. The molecule has 0 spiro atoms. The molecule has 4 rings (SSSR count). The number of aliphatic hydroxyl groups excluding tert-OH is 1. The van der Waals surface area contributed by atoms with Gasteiger partial charge in [0.05, 0.1) is 6.10 Å². The van der Waals surface area contributed by atoms with E-state index in [0.717, 1.165) is 25.7 Å². The third-order valence-corrected chi connectivity index (χ3v) is 8.48. The predicted octanol–water partition coefficient (Wildman–Crippen LogP) is 2.79. The predicted molar refractivity (Wildman–Crippen MR) is 108 cm³/mol. The van der Waals surface area contributed by atoms with E-state index < -0.39 is 6.10 Å². The van der Waals surface area contributed by atoms with Crippen molar-refractivity contribution in [3.05, 3.63) is 12.2 Å². The Hall–Kier alpha value is -1.36. The lowest BCUT2D eigenvalue weighted by atomic mass is 9.47. The molecule has 5 heteroatoms. The number of carbonyl (C=O) groups excluding carboxylic acids is 2. The summed E-state index contributed by atoms with van der Waals surface area (Å²) < 4.78 is 0. The fourth-order valence-electron chi connectivity index (χ4n) is 7.26. The Morgan fingerprint density at radius 2 is 1.96 bits per heavy atom. The van der Waals surface area contributed by atoms with Gasteiger partial charge in [0.1, 0.15) is 0 Å². The highest BCUT2D eigenvalue weighted by atomic mass is 16.3. The molecule has 0 bridgehead atoms. The standard InChI is InChI=1S/C23H36N2O3/c1-21(2,3)25-20(28)15-12-16(26)19-13-6-7-17-22(4,11-9-18(27)24-17)14(13)8-10-23(15,19)5/h9,11,13-17,19,26H,6-8,10,12H2,1-5H3,(H,24,27)(H,25,28). The van der Waals surface area contributed by atoms with Gasteiger partial charge in [-0.15, -0.1) is 0 Å². The summed E-state index contributed by atoms with van der Waals surface area (Å²) in [6.45, 7) is 10.6. The average Bonchev–Trinajstić information content (AvgIpc) is 2.85. The number of amides is 2. The first kappa shape index (κ1) is 19.9. The van der Waals surface area contributed by atoms with Gasteiger partial charge in [0, 0.05) is 22.9 Å². The van der Waals surface area contributed by atoms with Gasteiger partial charge in [0.2, 0.25) is 11.8 Å². The Labute approximate surface area is 168 Å². The molecule has 3 N–H and O–H groups in total. The number of nitrogens with one attached hydrogen (secondary N) is 2. The summed E-state index contributed by atoms with van der Waals surface area (Å²) in [7, 11) is 0. The second kappa shape index (κ2) is 6.32. The number of rotatable bonds is 1. The summed E-state index contributed by atoms with van der Waals surface area (Å²) in [5.74, 6) is 0.994. The van der Waals surface area contributed by atoms with Crippen LogP contribution >= 0.6 is 0 Å². The maximum Gasteiger partial charge on any atom is 0.243 e. The van der Waals surface area contributed by atoms with Crippen molar-refractivity contribution < 1.29 is 14.7 Å². The molecule has 2 amide bonds. The van der Waals surface area contributed by atoms with Crippen LogP contribution in [0.1, 0.15) is 66.7 Å². The van der Waals surface area contributed by atoms with E-state index >= 15 is 0 Å². The molecule has 0 aromatic carbocycles. The van der Waals surface area contributed by atoms with Crippen molar-refractivity contribution in [2.45, 2.75) is 84.4 Å². The molecule has 4 aliphatic rings. The maximum absolute atomic E-state index is 13.1. The molecule has 0 saturated heterocycles. The third kappa shape index (κ3) is 2.92. The van der Waals surface area contributed by atoms with Gasteiger partial charge in [-0.2, -0.15) is 0 Å². The van der Waals surface area contributed by atoms with Gasteiger partial charge in [0.25, 0.3) is 0 Å². The largest absolute Gasteiger partial charge is 0.393 e. The number of hydrogen-bond acceptors (Lipinski definition) is 3. The molecule has 3 fully saturated rings. The second-order valence-electron chi connectivity index (χ2n) is 11.3. The molecule has 8 atom stereocenters. The van der Waals surface area contributed by atoms with Gasteiger partial charge >= 0.3 is 0 Å². The van der Waals surface area contributed by atoms with E-state index in [1.807, 2.05) is 20.8 Å². The molecule has 3 saturated carbocycles. The molecule has 28 heavy (non-hydrogen) atoms. The van der Waals surface area contributed by atoms with Crippen molar-refractivity contribution in [3.63, 3.8) is 0 Å². The molecule has 0 radical (unpaired) electrons. The van der Waals surface area contributed by atoms with Gasteiger partial charge in [-0.25, -0.2) is 0 Å². The van der Waals surface area contributed by atoms with Gasteiger partial charge in [-0.05, 0) is 82.1 Å². The summed E-state index contributed by atoms with van der Waals surface area (Å²) in [4.78, 5) is 24.9. The van der Waals surface area contributed by atoms with E-state index in [9.17, 15) is 14.7 Å². The quantitative estimate of drug-likeness (QED) is 0.646. The molecule has 8 unspecified atom stereocenters. The van der Waals surface area contributed by atoms with Gasteiger partial charge < -0.3 is 15.7 Å². The first-order valence-electron chi connectivity index (χ1n) is 11.0. The van der Waals surface area contributed by atoms with Crippen LogP contribution in [0.5, 0.6) is 0 Å². The maximum atomic E-state index is 13.1. The topological polar surface area (TPSA) is 78.4 Å². The fourth-order valence-corrected chi connectivity index (χ4v) is 7.26. The van der Waals surface area contributed by atoms with E-state index in [1.54, 1.807) is 6.08 Å². The summed E-state index contributed by atoms with van der Waals surface area (Å²) in [5.41, 5.74) is -0.464. The zero-order valence-electron chi connectivity index (χ0n) is 17.9. The molecule has 0 aromatic rings. The first-order chi connectivity index (χ1) is 13.0. The first-order valence-corrected chi connectivity index (χ1v) is 11.0. The van der Waals surface area contributed by atoms with Gasteiger partial charge in [-0.1, -0.05) is 19.9 Å². The van der Waals surface area contributed by atoms with Crippen LogP contribution in [0.15, 0.2) is 12.2 Å². The van der Waals surface area contributed by atoms with Crippen LogP contribution < -0.4 is 10.6 Å². The van der Waals surface area contributed by atoms with Crippen molar-refractivity contribution in [2.75, 3.05) is 0 Å². The summed E-state index contributed by atoms with van der Waals surface area (Å²) in [6, 6.07) is 0.189. The minimum absolute atomic E-state index is 0.0152. The molecule has 3 aliphatic carbocycles. The Kier molecular flexibility index (Phi) is 4.50. The third-order valence-electron chi connectivity index (χ3n) is 8.48. The molecule has 0 aromatic heterocycles. The van der Waals surface area contributed by atoms with Crippen LogP contribution in [0, 0.1) is 34.5 Å². The van der Waals surface area contributed by atoms with Crippen LogP contribution in [-0.2, 0) is 9.59 Å². The summed E-state index contributed by atoms with van der Waals surface area (Å²) >= 11 is 0. The van der Waals surface area contributed by atoms with Crippen LogP contribution in [0.3, 0.4) is 0 Å². The van der Waals surface area contributed by atoms with E-state index in [-0.39, 0.29) is 46.1 Å². The lowest BCUT2D eigenvalue weighted by Crippen LogP contribution is -2.60. The average molecular weight is 389 g/mol. The number of carbonyl (C=O) groups is 2. The summed E-state index contributed by atoms with van der Waals surface area (Å²) in [6.07, 6.45) is 7.95. The second-order valence-corrected chi connectivity index (χ2v) is 11.3. The Morgan fingerprint density at radius 1 is 1.25 bits per heavy atom. The normalized spacial score (nSPS) is 47.6. The molecule has 1 heterocycles. The minimum Gasteiger partial charge on any atom is -0.393 e. The van der Waals surface area contributed by atoms with Crippen molar-refractivity contribution in [2.24, 2.45) is 34.5 Å². The zero-order chi connectivity index (χ0) is 20.5. The monoisotopic (exact) mass is 388 g/mol. The van der Waals surface area contributed by atoms with Crippen LogP contribution in [0.4, 0.5) is 0 Å². The Morgan fingerprint density at radius 3 is 2.64 bits per heavy atom. The number of aliphatic hydroxyl groups is 1.